The van der Waals surface area contributed by atoms with Gasteiger partial charge in [0.1, 0.15) is 0 Å². The number of nitrogens with two attached hydrogens (primary N) is 1. The van der Waals surface area contributed by atoms with Gasteiger partial charge in [0.25, 0.3) is 5.91 Å². The summed E-state index contributed by atoms with van der Waals surface area (Å²) in [6.45, 7) is 2.31. The van der Waals surface area contributed by atoms with Gasteiger partial charge in [0.05, 0.1) is 10.6 Å². The van der Waals surface area contributed by atoms with Crippen LogP contribution in [0.2, 0.25) is 5.02 Å². The van der Waals surface area contributed by atoms with Gasteiger partial charge in [-0.1, -0.05) is 31.4 Å². The average molecular weight is 291 g/mol. The van der Waals surface area contributed by atoms with E-state index in [4.69, 9.17) is 17.3 Å². The number of hydrogen-bond acceptors (Lipinski definition) is 2. The van der Waals surface area contributed by atoms with E-state index in [-0.39, 0.29) is 23.2 Å². The minimum atomic E-state index is -1.10. The molecule has 0 bridgehead atoms. The summed E-state index contributed by atoms with van der Waals surface area (Å²) in [5, 5.41) is 2.55. The van der Waals surface area contributed by atoms with E-state index in [1.807, 2.05) is 6.92 Å². The van der Waals surface area contributed by atoms with E-state index in [1.54, 1.807) is 0 Å². The van der Waals surface area contributed by atoms with Gasteiger partial charge in [-0.2, -0.15) is 0 Å². The van der Waals surface area contributed by atoms with Crippen LogP contribution in [0.3, 0.4) is 0 Å². The molecule has 3 N–H and O–H groups in total. The first-order chi connectivity index (χ1) is 8.99. The molecule has 0 saturated carbocycles. The average Bonchev–Trinajstić information content (AvgIpc) is 2.38. The molecule has 0 heterocycles. The second-order valence-electron chi connectivity index (χ2n) is 4.29. The highest BCUT2D eigenvalue weighted by atomic mass is 35.5. The third-order valence-electron chi connectivity index (χ3n) is 2.78. The van der Waals surface area contributed by atoms with Gasteiger partial charge in [-0.05, 0) is 18.6 Å². The van der Waals surface area contributed by atoms with E-state index in [1.165, 1.54) is 0 Å². The van der Waals surface area contributed by atoms with Gasteiger partial charge < -0.3 is 11.1 Å². The summed E-state index contributed by atoms with van der Waals surface area (Å²) < 4.78 is 26.0. The summed E-state index contributed by atoms with van der Waals surface area (Å²) in [6, 6.07) is 1.38. The van der Waals surface area contributed by atoms with Crippen LogP contribution in [0.15, 0.2) is 12.1 Å². The summed E-state index contributed by atoms with van der Waals surface area (Å²) in [5.74, 6) is -2.73. The Balaban J connectivity index is 2.79. The van der Waals surface area contributed by atoms with Gasteiger partial charge >= 0.3 is 0 Å². The molecule has 106 valence electrons. The predicted molar refractivity (Wildman–Crippen MR) is 71.2 cm³/mol. The monoisotopic (exact) mass is 290 g/mol. The molecular weight excluding hydrogens is 274 g/mol. The largest absolute Gasteiger partial charge is 0.348 e. The van der Waals surface area contributed by atoms with Crippen LogP contribution < -0.4 is 11.1 Å². The zero-order valence-corrected chi connectivity index (χ0v) is 11.4. The van der Waals surface area contributed by atoms with Crippen LogP contribution in [-0.2, 0) is 0 Å². The Morgan fingerprint density at radius 2 is 2.05 bits per heavy atom. The van der Waals surface area contributed by atoms with E-state index in [0.717, 1.165) is 31.4 Å². The van der Waals surface area contributed by atoms with E-state index < -0.39 is 17.5 Å². The van der Waals surface area contributed by atoms with E-state index in [2.05, 4.69) is 5.32 Å². The minimum Gasteiger partial charge on any atom is -0.348 e. The van der Waals surface area contributed by atoms with Crippen molar-refractivity contribution >= 4 is 17.5 Å². The Labute approximate surface area is 116 Å². The lowest BCUT2D eigenvalue weighted by Gasteiger charge is -2.17. The van der Waals surface area contributed by atoms with Crippen LogP contribution >= 0.6 is 11.6 Å². The summed E-state index contributed by atoms with van der Waals surface area (Å²) in [7, 11) is 0. The van der Waals surface area contributed by atoms with Gasteiger partial charge in [0.2, 0.25) is 0 Å². The smallest absolute Gasteiger partial charge is 0.253 e. The third kappa shape index (κ3) is 4.44. The summed E-state index contributed by atoms with van der Waals surface area (Å²) in [5.41, 5.74) is 5.46. The number of carbonyl (C=O) groups excluding carboxylic acids is 1. The molecule has 0 aliphatic carbocycles. The van der Waals surface area contributed by atoms with Crippen LogP contribution in [0, 0.1) is 11.6 Å². The maximum atomic E-state index is 13.1. The molecule has 0 aliphatic heterocycles. The maximum absolute atomic E-state index is 13.1. The van der Waals surface area contributed by atoms with Crippen LogP contribution in [0.25, 0.3) is 0 Å². The lowest BCUT2D eigenvalue weighted by molar-refractivity contribution is 0.0935. The molecule has 1 amide bonds. The summed E-state index contributed by atoms with van der Waals surface area (Å²) in [4.78, 5) is 11.9. The fraction of sp³-hybridized carbons (Fsp3) is 0.462. The molecule has 1 aromatic carbocycles. The van der Waals surface area contributed by atoms with Crippen molar-refractivity contribution in [3.05, 3.63) is 34.4 Å². The number of carbonyl (C=O) groups is 1. The van der Waals surface area contributed by atoms with E-state index >= 15 is 0 Å². The van der Waals surface area contributed by atoms with Gasteiger partial charge in [-0.25, -0.2) is 8.78 Å². The first-order valence-electron chi connectivity index (χ1n) is 6.15. The molecular formula is C13H17ClF2N2O. The third-order valence-corrected chi connectivity index (χ3v) is 3.09. The van der Waals surface area contributed by atoms with Crippen molar-refractivity contribution in [3.63, 3.8) is 0 Å². The van der Waals surface area contributed by atoms with Crippen molar-refractivity contribution < 1.29 is 13.6 Å². The van der Waals surface area contributed by atoms with Gasteiger partial charge in [0.15, 0.2) is 11.6 Å². The molecule has 0 saturated heterocycles. The van der Waals surface area contributed by atoms with E-state index in [0.29, 0.717) is 0 Å². The molecule has 0 aliphatic rings. The van der Waals surface area contributed by atoms with Crippen molar-refractivity contribution in [1.82, 2.24) is 5.32 Å². The molecule has 0 fully saturated rings. The molecule has 0 aromatic heterocycles. The van der Waals surface area contributed by atoms with Crippen LogP contribution in [0.5, 0.6) is 0 Å². The molecule has 1 aromatic rings. The van der Waals surface area contributed by atoms with Crippen LogP contribution in [-0.4, -0.2) is 18.5 Å². The number of halogens is 3. The topological polar surface area (TPSA) is 55.1 Å². The highest BCUT2D eigenvalue weighted by Gasteiger charge is 2.17. The maximum Gasteiger partial charge on any atom is 0.253 e. The zero-order valence-electron chi connectivity index (χ0n) is 10.7. The molecule has 0 spiro atoms. The van der Waals surface area contributed by atoms with Crippen LogP contribution in [0.4, 0.5) is 8.78 Å². The zero-order chi connectivity index (χ0) is 14.4. The summed E-state index contributed by atoms with van der Waals surface area (Å²) >= 11 is 5.73. The first-order valence-corrected chi connectivity index (χ1v) is 6.52. The number of amides is 1. The number of unbranched alkanes of at least 4 members (excludes halogenated alkanes) is 1. The van der Waals surface area contributed by atoms with E-state index in [9.17, 15) is 13.6 Å². The Bertz CT molecular complexity index is 455. The van der Waals surface area contributed by atoms with Crippen LogP contribution in [0.1, 0.15) is 36.5 Å². The van der Waals surface area contributed by atoms with Crippen molar-refractivity contribution in [2.45, 2.75) is 32.2 Å². The van der Waals surface area contributed by atoms with Crippen molar-refractivity contribution in [3.8, 4) is 0 Å². The number of benzene rings is 1. The Morgan fingerprint density at radius 3 is 2.63 bits per heavy atom. The molecule has 1 unspecified atom stereocenters. The molecule has 6 heteroatoms. The Kier molecular flexibility index (Phi) is 6.18. The Hall–Kier alpha value is -1.20. The van der Waals surface area contributed by atoms with Crippen molar-refractivity contribution in [2.24, 2.45) is 5.73 Å². The number of nitrogens with one attached hydrogen (secondary N) is 1. The Morgan fingerprint density at radius 1 is 1.42 bits per heavy atom. The minimum absolute atomic E-state index is 0.0875. The van der Waals surface area contributed by atoms with Gasteiger partial charge in [-0.15, -0.1) is 0 Å². The highest BCUT2D eigenvalue weighted by Crippen LogP contribution is 2.20. The fourth-order valence-corrected chi connectivity index (χ4v) is 1.90. The SMILES string of the molecule is CCCCC(CN)NC(=O)c1cc(F)c(F)cc1Cl. The molecule has 19 heavy (non-hydrogen) atoms. The lowest BCUT2D eigenvalue weighted by atomic mass is 10.1. The highest BCUT2D eigenvalue weighted by molar-refractivity contribution is 6.33. The van der Waals surface area contributed by atoms with Gasteiger partial charge in [-0.3, -0.25) is 4.79 Å². The lowest BCUT2D eigenvalue weighted by Crippen LogP contribution is -2.40. The molecule has 0 radical (unpaired) electrons. The predicted octanol–water partition coefficient (Wildman–Crippen LogP) is 2.87. The number of rotatable bonds is 6. The standard InChI is InChI=1S/C13H17ClF2N2O/c1-2-3-4-8(7-17)18-13(19)9-5-11(15)12(16)6-10(9)14/h5-6,8H,2-4,7,17H2,1H3,(H,18,19). The van der Waals surface area contributed by atoms with Crippen molar-refractivity contribution in [1.29, 1.82) is 0 Å². The molecule has 1 atom stereocenters. The van der Waals surface area contributed by atoms with Gasteiger partial charge in [0, 0.05) is 12.6 Å². The molecule has 1 rings (SSSR count). The first kappa shape index (κ1) is 15.9. The molecule has 3 nitrogen and oxygen atoms in total. The normalized spacial score (nSPS) is 12.3. The summed E-state index contributed by atoms with van der Waals surface area (Å²) in [6.07, 6.45) is 2.64. The second kappa shape index (κ2) is 7.40. The fourth-order valence-electron chi connectivity index (χ4n) is 1.66. The van der Waals surface area contributed by atoms with Crippen molar-refractivity contribution in [2.75, 3.05) is 6.54 Å². The second-order valence-corrected chi connectivity index (χ2v) is 4.70. The quantitative estimate of drug-likeness (QED) is 0.792. The number of hydrogen-bond donors (Lipinski definition) is 2.